The molecule has 0 saturated carbocycles. The number of hydrogen-bond donors (Lipinski definition) is 0. The van der Waals surface area contributed by atoms with Gasteiger partial charge in [-0.25, -0.2) is 9.78 Å². The van der Waals surface area contributed by atoms with Crippen LogP contribution in [0.4, 0.5) is 0 Å². The number of amides is 1. The van der Waals surface area contributed by atoms with Gasteiger partial charge in [-0.2, -0.15) is 0 Å². The van der Waals surface area contributed by atoms with Crippen LogP contribution in [0.15, 0.2) is 71.9 Å². The summed E-state index contributed by atoms with van der Waals surface area (Å²) in [5, 5.41) is 0. The Morgan fingerprint density at radius 1 is 1.04 bits per heavy atom. The number of carbonyl (C=O) groups is 1. The minimum Gasteiger partial charge on any atom is -0.497 e. The van der Waals surface area contributed by atoms with Gasteiger partial charge in [-0.15, -0.1) is 0 Å². The molecule has 0 aliphatic carbocycles. The number of nitrogens with zero attached hydrogens (tertiary/aromatic N) is 4. The van der Waals surface area contributed by atoms with Crippen molar-refractivity contribution in [2.75, 3.05) is 7.11 Å². The number of rotatable bonds is 7. The van der Waals surface area contributed by atoms with E-state index in [0.29, 0.717) is 13.1 Å². The van der Waals surface area contributed by atoms with Crippen LogP contribution >= 0.6 is 0 Å². The predicted octanol–water partition coefficient (Wildman–Crippen LogP) is 1.88. The molecule has 7 heteroatoms. The predicted molar refractivity (Wildman–Crippen MR) is 100.0 cm³/mol. The zero-order chi connectivity index (χ0) is 19.1. The molecule has 0 bridgehead atoms. The van der Waals surface area contributed by atoms with E-state index in [1.807, 2.05) is 42.5 Å². The summed E-state index contributed by atoms with van der Waals surface area (Å²) >= 11 is 0. The Morgan fingerprint density at radius 2 is 1.81 bits per heavy atom. The largest absolute Gasteiger partial charge is 0.497 e. The van der Waals surface area contributed by atoms with E-state index in [2.05, 4.69) is 9.97 Å². The Kier molecular flexibility index (Phi) is 5.94. The molecule has 0 fully saturated rings. The number of methoxy groups -OCH3 is 1. The zero-order valence-electron chi connectivity index (χ0n) is 15.0. The number of hydrogen-bond acceptors (Lipinski definition) is 5. The molecule has 0 aliphatic rings. The summed E-state index contributed by atoms with van der Waals surface area (Å²) < 4.78 is 6.47. The normalized spacial score (nSPS) is 10.4. The van der Waals surface area contributed by atoms with E-state index in [4.69, 9.17) is 4.74 Å². The third-order valence-corrected chi connectivity index (χ3v) is 4.05. The zero-order valence-corrected chi connectivity index (χ0v) is 15.0. The van der Waals surface area contributed by atoms with Crippen molar-refractivity contribution in [2.24, 2.45) is 0 Å². The Balaban J connectivity index is 1.80. The van der Waals surface area contributed by atoms with Gasteiger partial charge >= 0.3 is 5.69 Å². The van der Waals surface area contributed by atoms with Gasteiger partial charge in [0, 0.05) is 25.1 Å². The molecular formula is C20H20N4O3. The Labute approximate surface area is 156 Å². The first-order chi connectivity index (χ1) is 13.2. The number of benzene rings is 1. The van der Waals surface area contributed by atoms with Crippen LogP contribution in [-0.2, 0) is 24.4 Å². The highest BCUT2D eigenvalue weighted by Gasteiger charge is 2.16. The lowest BCUT2D eigenvalue weighted by atomic mass is 10.2. The van der Waals surface area contributed by atoms with Crippen molar-refractivity contribution in [3.63, 3.8) is 0 Å². The van der Waals surface area contributed by atoms with Gasteiger partial charge in [-0.1, -0.05) is 18.2 Å². The van der Waals surface area contributed by atoms with Gasteiger partial charge < -0.3 is 9.64 Å². The minimum atomic E-state index is -0.451. The lowest BCUT2D eigenvalue weighted by Crippen LogP contribution is -2.36. The van der Waals surface area contributed by atoms with Gasteiger partial charge in [0.05, 0.1) is 19.3 Å². The summed E-state index contributed by atoms with van der Waals surface area (Å²) in [4.78, 5) is 34.4. The van der Waals surface area contributed by atoms with Crippen molar-refractivity contribution < 1.29 is 9.53 Å². The summed E-state index contributed by atoms with van der Waals surface area (Å²) in [5.41, 5.74) is 1.28. The Bertz CT molecular complexity index is 939. The lowest BCUT2D eigenvalue weighted by molar-refractivity contribution is -0.133. The van der Waals surface area contributed by atoms with Gasteiger partial charge in [-0.3, -0.25) is 14.3 Å². The van der Waals surface area contributed by atoms with E-state index in [1.165, 1.54) is 10.8 Å². The molecule has 0 unspecified atom stereocenters. The van der Waals surface area contributed by atoms with Gasteiger partial charge in [0.2, 0.25) is 5.91 Å². The molecule has 0 aliphatic heterocycles. The lowest BCUT2D eigenvalue weighted by Gasteiger charge is -2.23. The van der Waals surface area contributed by atoms with Crippen LogP contribution in [0.25, 0.3) is 0 Å². The van der Waals surface area contributed by atoms with Gasteiger partial charge in [0.1, 0.15) is 12.3 Å². The molecule has 2 aromatic heterocycles. The maximum absolute atomic E-state index is 12.9. The van der Waals surface area contributed by atoms with Crippen molar-refractivity contribution in [3.05, 3.63) is 88.9 Å². The van der Waals surface area contributed by atoms with Crippen molar-refractivity contribution in [3.8, 4) is 5.75 Å². The first-order valence-corrected chi connectivity index (χ1v) is 8.48. The molecular weight excluding hydrogens is 344 g/mol. The maximum Gasteiger partial charge on any atom is 0.347 e. The van der Waals surface area contributed by atoms with E-state index in [-0.39, 0.29) is 12.5 Å². The summed E-state index contributed by atoms with van der Waals surface area (Å²) in [6, 6.07) is 14.7. The van der Waals surface area contributed by atoms with Gasteiger partial charge in [0.25, 0.3) is 0 Å². The number of aromatic nitrogens is 3. The molecule has 0 N–H and O–H groups in total. The molecule has 0 radical (unpaired) electrons. The van der Waals surface area contributed by atoms with Crippen LogP contribution in [0.1, 0.15) is 11.3 Å². The highest BCUT2D eigenvalue weighted by molar-refractivity contribution is 5.76. The SMILES string of the molecule is COc1ccc(CN(Cc2ccccn2)C(=O)Cn2cccnc2=O)cc1. The second-order valence-electron chi connectivity index (χ2n) is 5.95. The fourth-order valence-electron chi connectivity index (χ4n) is 2.62. The van der Waals surface area contributed by atoms with Gasteiger partial charge in [0.15, 0.2) is 0 Å². The molecule has 2 heterocycles. The van der Waals surface area contributed by atoms with E-state index < -0.39 is 5.69 Å². The number of ether oxygens (including phenoxy) is 1. The van der Waals surface area contributed by atoms with E-state index in [0.717, 1.165) is 17.0 Å². The fourth-order valence-corrected chi connectivity index (χ4v) is 2.62. The molecule has 0 spiro atoms. The average molecular weight is 364 g/mol. The molecule has 3 aromatic rings. The third-order valence-electron chi connectivity index (χ3n) is 4.05. The summed E-state index contributed by atoms with van der Waals surface area (Å²) in [6.07, 6.45) is 4.66. The monoisotopic (exact) mass is 364 g/mol. The maximum atomic E-state index is 12.9. The van der Waals surface area contributed by atoms with Crippen LogP contribution in [0, 0.1) is 0 Å². The summed E-state index contributed by atoms with van der Waals surface area (Å²) in [7, 11) is 1.61. The van der Waals surface area contributed by atoms with Crippen molar-refractivity contribution in [1.29, 1.82) is 0 Å². The van der Waals surface area contributed by atoms with Crippen molar-refractivity contribution in [2.45, 2.75) is 19.6 Å². The van der Waals surface area contributed by atoms with E-state index >= 15 is 0 Å². The molecule has 1 aromatic carbocycles. The number of pyridine rings is 1. The molecule has 0 atom stereocenters. The van der Waals surface area contributed by atoms with Crippen molar-refractivity contribution >= 4 is 5.91 Å². The Morgan fingerprint density at radius 3 is 2.48 bits per heavy atom. The van der Waals surface area contributed by atoms with E-state index in [1.54, 1.807) is 30.5 Å². The minimum absolute atomic E-state index is 0.0737. The standard InChI is InChI=1S/C20H20N4O3/c1-27-18-8-6-16(7-9-18)13-24(14-17-5-2-3-10-21-17)19(25)15-23-12-4-11-22-20(23)26/h2-12H,13-15H2,1H3. The molecule has 27 heavy (non-hydrogen) atoms. The van der Waals surface area contributed by atoms with Crippen LogP contribution in [-0.4, -0.2) is 32.5 Å². The summed E-state index contributed by atoms with van der Waals surface area (Å²) in [6.45, 7) is 0.671. The molecule has 138 valence electrons. The van der Waals surface area contributed by atoms with Crippen LogP contribution in [0.3, 0.4) is 0 Å². The smallest absolute Gasteiger partial charge is 0.347 e. The van der Waals surface area contributed by atoms with Gasteiger partial charge in [-0.05, 0) is 35.9 Å². The highest BCUT2D eigenvalue weighted by Crippen LogP contribution is 2.14. The first kappa shape index (κ1) is 18.3. The molecule has 7 nitrogen and oxygen atoms in total. The second kappa shape index (κ2) is 8.75. The van der Waals surface area contributed by atoms with E-state index in [9.17, 15) is 9.59 Å². The summed E-state index contributed by atoms with van der Waals surface area (Å²) in [5.74, 6) is 0.565. The Hall–Kier alpha value is -3.48. The molecule has 0 saturated heterocycles. The fraction of sp³-hybridized carbons (Fsp3) is 0.200. The quantitative estimate of drug-likeness (QED) is 0.640. The molecule has 1 amide bonds. The topological polar surface area (TPSA) is 77.3 Å². The van der Waals surface area contributed by atoms with Crippen molar-refractivity contribution in [1.82, 2.24) is 19.4 Å². The third kappa shape index (κ3) is 5.01. The first-order valence-electron chi connectivity index (χ1n) is 8.48. The second-order valence-corrected chi connectivity index (χ2v) is 5.95. The number of carbonyl (C=O) groups excluding carboxylic acids is 1. The molecule has 3 rings (SSSR count). The average Bonchev–Trinajstić information content (AvgIpc) is 2.70. The van der Waals surface area contributed by atoms with Crippen LogP contribution in [0.5, 0.6) is 5.75 Å². The highest BCUT2D eigenvalue weighted by atomic mass is 16.5. The van der Waals surface area contributed by atoms with Crippen LogP contribution in [0.2, 0.25) is 0 Å². The van der Waals surface area contributed by atoms with Crippen LogP contribution < -0.4 is 10.4 Å².